The predicted molar refractivity (Wildman–Crippen MR) is 70.9 cm³/mol. The molecule has 6 nitrogen and oxygen atoms in total. The summed E-state index contributed by atoms with van der Waals surface area (Å²) >= 11 is 0. The van der Waals surface area contributed by atoms with Crippen molar-refractivity contribution >= 4 is 17.3 Å². The van der Waals surface area contributed by atoms with Gasteiger partial charge in [-0.15, -0.1) is 0 Å². The van der Waals surface area contributed by atoms with E-state index in [1.165, 1.54) is 20.8 Å². The van der Waals surface area contributed by atoms with Gasteiger partial charge in [0, 0.05) is 5.41 Å². The van der Waals surface area contributed by atoms with E-state index in [4.69, 9.17) is 5.26 Å². The molecule has 0 aliphatic carbocycles. The quantitative estimate of drug-likeness (QED) is 0.367. The fourth-order valence-corrected chi connectivity index (χ4v) is 1.69. The number of ketones is 2. The summed E-state index contributed by atoms with van der Waals surface area (Å²) in [6.07, 6.45) is 0. The molecule has 0 bridgehead atoms. The van der Waals surface area contributed by atoms with Gasteiger partial charge in [0.1, 0.15) is 5.82 Å². The average molecular weight is 292 g/mol. The minimum atomic E-state index is -1.66. The Balaban J connectivity index is 3.34. The van der Waals surface area contributed by atoms with Gasteiger partial charge in [-0.2, -0.15) is 5.26 Å². The average Bonchev–Trinajstić information content (AvgIpc) is 2.37. The molecule has 0 heterocycles. The van der Waals surface area contributed by atoms with Crippen molar-refractivity contribution in [2.24, 2.45) is 11.3 Å². The largest absolute Gasteiger partial charge is 0.297 e. The number of nitro benzene ring substituents is 1. The van der Waals surface area contributed by atoms with Crippen molar-refractivity contribution in [3.8, 4) is 6.07 Å². The van der Waals surface area contributed by atoms with Crippen molar-refractivity contribution in [3.63, 3.8) is 0 Å². The summed E-state index contributed by atoms with van der Waals surface area (Å²) < 4.78 is 13.1. The molecular weight excluding hydrogens is 279 g/mol. The molecule has 0 spiro atoms. The number of benzene rings is 1. The summed E-state index contributed by atoms with van der Waals surface area (Å²) in [7, 11) is 0. The van der Waals surface area contributed by atoms with Gasteiger partial charge >= 0.3 is 0 Å². The van der Waals surface area contributed by atoms with Crippen LogP contribution < -0.4 is 0 Å². The minimum absolute atomic E-state index is 0.453. The Bertz CT molecular complexity index is 656. The summed E-state index contributed by atoms with van der Waals surface area (Å²) in [6, 6.07) is 3.94. The highest BCUT2D eigenvalue weighted by Crippen LogP contribution is 2.27. The number of nitro groups is 1. The number of Topliss-reactive ketones (excluding diaryl/α,β-unsaturated/α-hetero) is 2. The van der Waals surface area contributed by atoms with Crippen molar-refractivity contribution in [1.82, 2.24) is 0 Å². The van der Waals surface area contributed by atoms with E-state index < -0.39 is 44.9 Å². The fourth-order valence-electron chi connectivity index (χ4n) is 1.69. The van der Waals surface area contributed by atoms with Crippen LogP contribution >= 0.6 is 0 Å². The molecule has 0 N–H and O–H groups in total. The van der Waals surface area contributed by atoms with E-state index in [1.54, 1.807) is 6.07 Å². The highest BCUT2D eigenvalue weighted by Gasteiger charge is 2.37. The third kappa shape index (κ3) is 3.48. The summed E-state index contributed by atoms with van der Waals surface area (Å²) in [4.78, 5) is 34.3. The SMILES string of the molecule is CC(C)(C)C(=O)C(C#N)C(=O)c1ccc(F)cc1[N+](=O)[O-]. The van der Waals surface area contributed by atoms with E-state index in [0.29, 0.717) is 6.07 Å². The second-order valence-electron chi connectivity index (χ2n) is 5.46. The molecular formula is C14H13FN2O4. The van der Waals surface area contributed by atoms with Crippen LogP contribution in [0.3, 0.4) is 0 Å². The molecule has 0 aliphatic rings. The summed E-state index contributed by atoms with van der Waals surface area (Å²) in [5.74, 6) is -4.18. The smallest absolute Gasteiger partial charge is 0.283 e. The molecule has 1 unspecified atom stereocenters. The number of hydrogen-bond acceptors (Lipinski definition) is 5. The molecule has 0 saturated carbocycles. The molecule has 7 heteroatoms. The van der Waals surface area contributed by atoms with Gasteiger partial charge in [-0.1, -0.05) is 20.8 Å². The topological polar surface area (TPSA) is 101 Å². The molecule has 0 fully saturated rings. The molecule has 0 aromatic heterocycles. The second kappa shape index (κ2) is 5.79. The summed E-state index contributed by atoms with van der Waals surface area (Å²) in [5.41, 5.74) is -2.17. The van der Waals surface area contributed by atoms with Crippen molar-refractivity contribution < 1.29 is 18.9 Å². The lowest BCUT2D eigenvalue weighted by molar-refractivity contribution is -0.385. The van der Waals surface area contributed by atoms with Crippen LogP contribution in [0.2, 0.25) is 0 Å². The lowest BCUT2D eigenvalue weighted by atomic mass is 9.80. The number of hydrogen-bond donors (Lipinski definition) is 0. The van der Waals surface area contributed by atoms with Gasteiger partial charge in [0.15, 0.2) is 17.5 Å². The number of rotatable bonds is 4. The van der Waals surface area contributed by atoms with Crippen molar-refractivity contribution in [2.75, 3.05) is 0 Å². The molecule has 0 amide bonds. The van der Waals surface area contributed by atoms with E-state index >= 15 is 0 Å². The monoisotopic (exact) mass is 292 g/mol. The van der Waals surface area contributed by atoms with Crippen LogP contribution in [0.4, 0.5) is 10.1 Å². The van der Waals surface area contributed by atoms with Gasteiger partial charge in [-0.05, 0) is 12.1 Å². The Morgan fingerprint density at radius 2 is 1.95 bits per heavy atom. The lowest BCUT2D eigenvalue weighted by Crippen LogP contribution is -2.33. The third-order valence-corrected chi connectivity index (χ3v) is 2.81. The van der Waals surface area contributed by atoms with Crippen molar-refractivity contribution in [1.29, 1.82) is 5.26 Å². The first-order valence-electron chi connectivity index (χ1n) is 6.01. The Morgan fingerprint density at radius 1 is 1.38 bits per heavy atom. The van der Waals surface area contributed by atoms with Gasteiger partial charge in [-0.25, -0.2) is 4.39 Å². The van der Waals surface area contributed by atoms with Gasteiger partial charge in [0.05, 0.1) is 22.6 Å². The van der Waals surface area contributed by atoms with Crippen molar-refractivity contribution in [3.05, 3.63) is 39.7 Å². The molecule has 1 aromatic rings. The summed E-state index contributed by atoms with van der Waals surface area (Å²) in [6.45, 7) is 4.60. The van der Waals surface area contributed by atoms with Gasteiger partial charge in [0.25, 0.3) is 5.69 Å². The first-order chi connectivity index (χ1) is 9.59. The molecule has 0 radical (unpaired) electrons. The predicted octanol–water partition coefficient (Wildman–Crippen LogP) is 2.67. The molecule has 0 aliphatic heterocycles. The van der Waals surface area contributed by atoms with Crippen LogP contribution in [0, 0.1) is 38.6 Å². The highest BCUT2D eigenvalue weighted by atomic mass is 19.1. The van der Waals surface area contributed by atoms with E-state index in [0.717, 1.165) is 12.1 Å². The summed E-state index contributed by atoms with van der Waals surface area (Å²) in [5, 5.41) is 19.9. The third-order valence-electron chi connectivity index (χ3n) is 2.81. The second-order valence-corrected chi connectivity index (χ2v) is 5.46. The van der Waals surface area contributed by atoms with Gasteiger partial charge < -0.3 is 0 Å². The number of carbonyl (C=O) groups excluding carboxylic acids is 2. The first-order valence-corrected chi connectivity index (χ1v) is 6.01. The van der Waals surface area contributed by atoms with E-state index in [9.17, 15) is 24.1 Å². The standard InChI is InChI=1S/C14H13FN2O4/c1-14(2,3)13(19)10(7-16)12(18)9-5-4-8(15)6-11(9)17(20)21/h4-6,10H,1-3H3. The Kier molecular flexibility index (Phi) is 4.53. The zero-order chi connectivity index (χ0) is 16.4. The molecule has 0 saturated heterocycles. The van der Waals surface area contributed by atoms with Crippen LogP contribution in [0.15, 0.2) is 18.2 Å². The molecule has 110 valence electrons. The van der Waals surface area contributed by atoms with Crippen LogP contribution in [0.25, 0.3) is 0 Å². The van der Waals surface area contributed by atoms with E-state index in [1.807, 2.05) is 0 Å². The highest BCUT2D eigenvalue weighted by molar-refractivity contribution is 6.15. The maximum absolute atomic E-state index is 13.1. The molecule has 1 rings (SSSR count). The van der Waals surface area contributed by atoms with Crippen LogP contribution in [0.1, 0.15) is 31.1 Å². The van der Waals surface area contributed by atoms with E-state index in [-0.39, 0.29) is 0 Å². The molecule has 1 atom stereocenters. The zero-order valence-corrected chi connectivity index (χ0v) is 11.7. The lowest BCUT2D eigenvalue weighted by Gasteiger charge is -2.19. The van der Waals surface area contributed by atoms with Gasteiger partial charge in [-0.3, -0.25) is 19.7 Å². The number of carbonyl (C=O) groups is 2. The Labute approximate surface area is 120 Å². The van der Waals surface area contributed by atoms with Crippen LogP contribution in [-0.2, 0) is 4.79 Å². The van der Waals surface area contributed by atoms with Crippen LogP contribution in [-0.4, -0.2) is 16.5 Å². The normalized spacial score (nSPS) is 12.3. The Hall–Kier alpha value is -2.62. The minimum Gasteiger partial charge on any atom is -0.297 e. The maximum Gasteiger partial charge on any atom is 0.283 e. The Morgan fingerprint density at radius 3 is 2.38 bits per heavy atom. The zero-order valence-electron chi connectivity index (χ0n) is 11.7. The van der Waals surface area contributed by atoms with Gasteiger partial charge in [0.2, 0.25) is 0 Å². The number of nitrogens with zero attached hydrogens (tertiary/aromatic N) is 2. The van der Waals surface area contributed by atoms with E-state index in [2.05, 4.69) is 0 Å². The number of nitriles is 1. The van der Waals surface area contributed by atoms with Crippen LogP contribution in [0.5, 0.6) is 0 Å². The molecule has 21 heavy (non-hydrogen) atoms. The van der Waals surface area contributed by atoms with Crippen molar-refractivity contribution in [2.45, 2.75) is 20.8 Å². The maximum atomic E-state index is 13.1. The first kappa shape index (κ1) is 16.4. The molecule has 1 aromatic carbocycles. The number of halogens is 1. The fraction of sp³-hybridized carbons (Fsp3) is 0.357.